The highest BCUT2D eigenvalue weighted by molar-refractivity contribution is 5.91. The SMILES string of the molecule is NC1=C(N)C(N)(N)OC1=O. The van der Waals surface area contributed by atoms with Crippen LogP contribution in [-0.4, -0.2) is 11.8 Å². The van der Waals surface area contributed by atoms with Gasteiger partial charge in [-0.25, -0.2) is 4.79 Å². The fourth-order valence-electron chi connectivity index (χ4n) is 0.584. The summed E-state index contributed by atoms with van der Waals surface area (Å²) in [6.45, 7) is 0. The van der Waals surface area contributed by atoms with Gasteiger partial charge >= 0.3 is 5.97 Å². The second kappa shape index (κ2) is 1.61. The Morgan fingerprint density at radius 2 is 1.80 bits per heavy atom. The summed E-state index contributed by atoms with van der Waals surface area (Å²) in [4.78, 5) is 10.6. The molecule has 0 saturated carbocycles. The molecule has 0 saturated heterocycles. The van der Waals surface area contributed by atoms with Gasteiger partial charge in [0.15, 0.2) is 0 Å². The highest BCUT2D eigenvalue weighted by Crippen LogP contribution is 2.15. The van der Waals surface area contributed by atoms with Crippen molar-refractivity contribution in [3.63, 3.8) is 0 Å². The monoisotopic (exact) mass is 144 g/mol. The van der Waals surface area contributed by atoms with E-state index in [4.69, 9.17) is 22.9 Å². The van der Waals surface area contributed by atoms with Gasteiger partial charge in [0.05, 0.1) is 0 Å². The molecule has 1 heterocycles. The van der Waals surface area contributed by atoms with Crippen molar-refractivity contribution in [1.82, 2.24) is 0 Å². The van der Waals surface area contributed by atoms with E-state index >= 15 is 0 Å². The quantitative estimate of drug-likeness (QED) is 0.215. The highest BCUT2D eigenvalue weighted by atomic mass is 16.6. The molecular formula is C4H8N4O2. The Morgan fingerprint density at radius 3 is 1.90 bits per heavy atom. The summed E-state index contributed by atoms with van der Waals surface area (Å²) < 4.78 is 4.37. The van der Waals surface area contributed by atoms with E-state index in [0.717, 1.165) is 0 Å². The van der Waals surface area contributed by atoms with Crippen LogP contribution in [-0.2, 0) is 9.53 Å². The molecule has 6 nitrogen and oxygen atoms in total. The van der Waals surface area contributed by atoms with E-state index < -0.39 is 11.8 Å². The Kier molecular flexibility index (Phi) is 1.10. The average molecular weight is 144 g/mol. The zero-order valence-corrected chi connectivity index (χ0v) is 5.13. The number of hydrogen-bond donors (Lipinski definition) is 4. The molecule has 0 atom stereocenters. The van der Waals surface area contributed by atoms with Crippen molar-refractivity contribution in [1.29, 1.82) is 0 Å². The number of esters is 1. The first-order valence-electron chi connectivity index (χ1n) is 2.52. The van der Waals surface area contributed by atoms with E-state index in [0.29, 0.717) is 0 Å². The van der Waals surface area contributed by atoms with Gasteiger partial charge in [-0.2, -0.15) is 0 Å². The van der Waals surface area contributed by atoms with Crippen LogP contribution in [0.5, 0.6) is 0 Å². The summed E-state index contributed by atoms with van der Waals surface area (Å²) in [5.41, 5.74) is 20.3. The van der Waals surface area contributed by atoms with Gasteiger partial charge in [-0.3, -0.25) is 11.5 Å². The maximum absolute atomic E-state index is 10.6. The van der Waals surface area contributed by atoms with E-state index in [2.05, 4.69) is 4.74 Å². The second-order valence-electron chi connectivity index (χ2n) is 2.01. The van der Waals surface area contributed by atoms with E-state index in [1.54, 1.807) is 0 Å². The van der Waals surface area contributed by atoms with Crippen LogP contribution in [0.3, 0.4) is 0 Å². The fraction of sp³-hybridized carbons (Fsp3) is 0.250. The lowest BCUT2D eigenvalue weighted by Gasteiger charge is -2.16. The van der Waals surface area contributed by atoms with E-state index in [-0.39, 0.29) is 11.4 Å². The molecule has 1 aliphatic rings. The van der Waals surface area contributed by atoms with Gasteiger partial charge in [0, 0.05) is 0 Å². The van der Waals surface area contributed by atoms with E-state index in [9.17, 15) is 4.79 Å². The molecule has 0 spiro atoms. The van der Waals surface area contributed by atoms with Gasteiger partial charge in [0.25, 0.3) is 5.85 Å². The standard InChI is InChI=1S/C4H8N4O2/c5-1-2(6)4(7,8)10-3(1)9/h5-8H2. The number of cyclic esters (lactones) is 1. The molecule has 0 aromatic carbocycles. The minimum Gasteiger partial charge on any atom is -0.420 e. The molecule has 0 radical (unpaired) electrons. The van der Waals surface area contributed by atoms with Crippen LogP contribution in [0.15, 0.2) is 11.4 Å². The van der Waals surface area contributed by atoms with E-state index in [1.165, 1.54) is 0 Å². The fourth-order valence-corrected chi connectivity index (χ4v) is 0.584. The van der Waals surface area contributed by atoms with Gasteiger partial charge in [0.1, 0.15) is 11.4 Å². The molecule has 0 fully saturated rings. The largest absolute Gasteiger partial charge is 0.420 e. The minimum absolute atomic E-state index is 0.127. The number of ether oxygens (including phenoxy) is 1. The zero-order valence-electron chi connectivity index (χ0n) is 5.13. The van der Waals surface area contributed by atoms with Crippen molar-refractivity contribution in [3.05, 3.63) is 11.4 Å². The lowest BCUT2D eigenvalue weighted by Crippen LogP contribution is -2.53. The molecule has 1 aliphatic heterocycles. The summed E-state index contributed by atoms with van der Waals surface area (Å²) in [6, 6.07) is 0. The molecule has 0 aromatic rings. The zero-order chi connectivity index (χ0) is 7.94. The van der Waals surface area contributed by atoms with Crippen LogP contribution < -0.4 is 22.9 Å². The third kappa shape index (κ3) is 0.703. The Balaban J connectivity index is 3.06. The van der Waals surface area contributed by atoms with Crippen molar-refractivity contribution >= 4 is 5.97 Å². The molecule has 0 aromatic heterocycles. The van der Waals surface area contributed by atoms with Crippen molar-refractivity contribution in [2.75, 3.05) is 0 Å². The maximum Gasteiger partial charge on any atom is 0.359 e. The number of carbonyl (C=O) groups is 1. The van der Waals surface area contributed by atoms with Crippen molar-refractivity contribution < 1.29 is 9.53 Å². The van der Waals surface area contributed by atoms with Crippen LogP contribution in [0.4, 0.5) is 0 Å². The molecule has 6 heteroatoms. The molecule has 0 bridgehead atoms. The first kappa shape index (κ1) is 6.84. The van der Waals surface area contributed by atoms with Crippen LogP contribution in [0.1, 0.15) is 0 Å². The van der Waals surface area contributed by atoms with Crippen molar-refractivity contribution in [2.45, 2.75) is 5.85 Å². The van der Waals surface area contributed by atoms with Crippen LogP contribution >= 0.6 is 0 Å². The lowest BCUT2D eigenvalue weighted by molar-refractivity contribution is -0.146. The first-order valence-corrected chi connectivity index (χ1v) is 2.52. The van der Waals surface area contributed by atoms with Gasteiger partial charge in [-0.15, -0.1) is 0 Å². The summed E-state index contributed by atoms with van der Waals surface area (Å²) in [7, 11) is 0. The number of nitrogens with two attached hydrogens (primary N) is 4. The first-order chi connectivity index (χ1) is 4.45. The number of carbonyl (C=O) groups excluding carboxylic acids is 1. The van der Waals surface area contributed by atoms with Crippen LogP contribution in [0.2, 0.25) is 0 Å². The van der Waals surface area contributed by atoms with Gasteiger partial charge in [-0.05, 0) is 0 Å². The summed E-state index contributed by atoms with van der Waals surface area (Å²) in [5, 5.41) is 0. The molecule has 0 aliphatic carbocycles. The predicted molar refractivity (Wildman–Crippen MR) is 32.6 cm³/mol. The molecule has 8 N–H and O–H groups in total. The highest BCUT2D eigenvalue weighted by Gasteiger charge is 2.39. The number of rotatable bonds is 0. The Labute approximate surface area is 56.8 Å². The third-order valence-corrected chi connectivity index (χ3v) is 1.19. The van der Waals surface area contributed by atoms with Crippen LogP contribution in [0.25, 0.3) is 0 Å². The smallest absolute Gasteiger partial charge is 0.359 e. The molecule has 10 heavy (non-hydrogen) atoms. The van der Waals surface area contributed by atoms with Gasteiger partial charge in [0.2, 0.25) is 0 Å². The predicted octanol–water partition coefficient (Wildman–Crippen LogP) is -2.76. The Hall–Kier alpha value is -1.27. The average Bonchev–Trinajstić information content (AvgIpc) is 1.95. The number of hydrogen-bond acceptors (Lipinski definition) is 6. The molecule has 1 rings (SSSR count). The molecule has 0 amide bonds. The van der Waals surface area contributed by atoms with Crippen molar-refractivity contribution in [3.8, 4) is 0 Å². The van der Waals surface area contributed by atoms with Crippen molar-refractivity contribution in [2.24, 2.45) is 22.9 Å². The van der Waals surface area contributed by atoms with Crippen LogP contribution in [0, 0.1) is 0 Å². The molecule has 56 valence electrons. The Bertz CT molecular complexity index is 219. The Morgan fingerprint density at radius 1 is 1.30 bits per heavy atom. The molecular weight excluding hydrogens is 136 g/mol. The topological polar surface area (TPSA) is 130 Å². The minimum atomic E-state index is -1.72. The summed E-state index contributed by atoms with van der Waals surface area (Å²) in [5.74, 6) is -2.50. The van der Waals surface area contributed by atoms with Gasteiger partial charge < -0.3 is 16.2 Å². The second-order valence-corrected chi connectivity index (χ2v) is 2.01. The lowest BCUT2D eigenvalue weighted by atomic mass is 10.3. The molecule has 0 unspecified atom stereocenters. The van der Waals surface area contributed by atoms with E-state index in [1.807, 2.05) is 0 Å². The maximum atomic E-state index is 10.6. The third-order valence-electron chi connectivity index (χ3n) is 1.19. The summed E-state index contributed by atoms with van der Waals surface area (Å²) >= 11 is 0. The van der Waals surface area contributed by atoms with Gasteiger partial charge in [-0.1, -0.05) is 0 Å². The summed E-state index contributed by atoms with van der Waals surface area (Å²) in [6.07, 6.45) is 0. The normalized spacial score (nSPS) is 23.2.